The highest BCUT2D eigenvalue weighted by Gasteiger charge is 2.04. The summed E-state index contributed by atoms with van der Waals surface area (Å²) < 4.78 is 12.8. The van der Waals surface area contributed by atoms with Crippen LogP contribution in [0.15, 0.2) is 28.1 Å². The van der Waals surface area contributed by atoms with Gasteiger partial charge in [0.25, 0.3) is 0 Å². The van der Waals surface area contributed by atoms with Crippen molar-refractivity contribution in [1.29, 1.82) is 5.26 Å². The fourth-order valence-corrected chi connectivity index (χ4v) is 0.448. The van der Waals surface area contributed by atoms with E-state index in [2.05, 4.69) is 11.7 Å². The van der Waals surface area contributed by atoms with Gasteiger partial charge in [-0.3, -0.25) is 4.99 Å². The lowest BCUT2D eigenvalue weighted by molar-refractivity contribution is 0.651. The van der Waals surface area contributed by atoms with Crippen molar-refractivity contribution in [2.24, 2.45) is 4.99 Å². The van der Waals surface area contributed by atoms with Gasteiger partial charge in [-0.15, -0.1) is 0 Å². The van der Waals surface area contributed by atoms with E-state index < -0.39 is 5.83 Å². The van der Waals surface area contributed by atoms with Crippen LogP contribution in [-0.4, -0.2) is 14.6 Å². The van der Waals surface area contributed by atoms with Gasteiger partial charge in [-0.2, -0.15) is 5.26 Å². The van der Waals surface area contributed by atoms with Gasteiger partial charge in [-0.1, -0.05) is 6.08 Å². The molecule has 2 radical (unpaired) electrons. The molecule has 0 aromatic carbocycles. The van der Waals surface area contributed by atoms with Crippen LogP contribution < -0.4 is 0 Å². The zero-order valence-corrected chi connectivity index (χ0v) is 6.13. The predicted molar refractivity (Wildman–Crippen MR) is 42.8 cm³/mol. The van der Waals surface area contributed by atoms with E-state index in [-0.39, 0.29) is 11.2 Å². The fourth-order valence-electron chi connectivity index (χ4n) is 0.448. The molecule has 11 heavy (non-hydrogen) atoms. The molecule has 0 saturated heterocycles. The second-order valence-electron chi connectivity index (χ2n) is 1.67. The van der Waals surface area contributed by atoms with E-state index in [4.69, 9.17) is 13.1 Å². The van der Waals surface area contributed by atoms with Crippen LogP contribution in [-0.2, 0) is 0 Å². The van der Waals surface area contributed by atoms with Gasteiger partial charge in [0.2, 0.25) is 0 Å². The van der Waals surface area contributed by atoms with Crippen molar-refractivity contribution in [3.63, 3.8) is 0 Å². The standard InChI is InChI=1S/C7H6BFN2/c1-3-5(4-10)6(9)7(8)11-2/h3H,2H2,1H3/b5-3-,7-6+. The van der Waals surface area contributed by atoms with E-state index in [1.165, 1.54) is 13.0 Å². The van der Waals surface area contributed by atoms with Gasteiger partial charge in [0, 0.05) is 5.60 Å². The van der Waals surface area contributed by atoms with Crippen molar-refractivity contribution in [2.45, 2.75) is 6.92 Å². The lowest BCUT2D eigenvalue weighted by atomic mass is 10.0. The summed E-state index contributed by atoms with van der Waals surface area (Å²) in [6.07, 6.45) is 1.31. The van der Waals surface area contributed by atoms with E-state index in [1.807, 2.05) is 0 Å². The van der Waals surface area contributed by atoms with Crippen molar-refractivity contribution >= 4 is 14.6 Å². The highest BCUT2D eigenvalue weighted by atomic mass is 19.1. The molecule has 0 N–H and O–H groups in total. The number of hydrogen-bond donors (Lipinski definition) is 0. The van der Waals surface area contributed by atoms with Crippen LogP contribution in [0.3, 0.4) is 0 Å². The van der Waals surface area contributed by atoms with Crippen molar-refractivity contribution in [3.8, 4) is 6.07 Å². The number of rotatable bonds is 2. The van der Waals surface area contributed by atoms with Crippen molar-refractivity contribution in [2.75, 3.05) is 0 Å². The summed E-state index contributed by atoms with van der Waals surface area (Å²) in [4.78, 5) is 3.15. The molecule has 0 amide bonds. The highest BCUT2D eigenvalue weighted by molar-refractivity contribution is 6.22. The number of nitriles is 1. The zero-order valence-electron chi connectivity index (χ0n) is 6.13. The Bertz CT molecular complexity index is 260. The molecular weight excluding hydrogens is 142 g/mol. The minimum atomic E-state index is -0.829. The first kappa shape index (κ1) is 9.63. The number of aliphatic imine (C=N–C) groups is 1. The van der Waals surface area contributed by atoms with E-state index in [0.717, 1.165) is 0 Å². The first-order chi connectivity index (χ1) is 5.17. The topological polar surface area (TPSA) is 36.1 Å². The second-order valence-corrected chi connectivity index (χ2v) is 1.67. The van der Waals surface area contributed by atoms with Crippen LogP contribution in [0.4, 0.5) is 4.39 Å². The van der Waals surface area contributed by atoms with E-state index in [0.29, 0.717) is 0 Å². The molecule has 0 aromatic rings. The number of nitrogens with zero attached hydrogens (tertiary/aromatic N) is 2. The van der Waals surface area contributed by atoms with E-state index in [9.17, 15) is 4.39 Å². The monoisotopic (exact) mass is 148 g/mol. The lowest BCUT2D eigenvalue weighted by Gasteiger charge is -1.95. The van der Waals surface area contributed by atoms with Crippen LogP contribution in [0.25, 0.3) is 0 Å². The molecule has 0 atom stereocenters. The fraction of sp³-hybridized carbons (Fsp3) is 0.143. The molecule has 54 valence electrons. The molecule has 0 fully saturated rings. The van der Waals surface area contributed by atoms with Crippen LogP contribution in [0.2, 0.25) is 0 Å². The Labute approximate surface area is 66.2 Å². The molecule has 0 saturated carbocycles. The third kappa shape index (κ3) is 2.38. The van der Waals surface area contributed by atoms with E-state index >= 15 is 0 Å². The Kier molecular flexibility index (Phi) is 3.90. The van der Waals surface area contributed by atoms with Crippen LogP contribution in [0, 0.1) is 11.3 Å². The summed E-state index contributed by atoms with van der Waals surface area (Å²) in [6, 6.07) is 1.63. The molecule has 2 nitrogen and oxygen atoms in total. The number of halogens is 1. The Hall–Kier alpha value is -1.37. The Morgan fingerprint density at radius 3 is 2.64 bits per heavy atom. The molecule has 4 heteroatoms. The van der Waals surface area contributed by atoms with E-state index in [1.54, 1.807) is 6.07 Å². The smallest absolute Gasteiger partial charge is 0.151 e. The summed E-state index contributed by atoms with van der Waals surface area (Å²) in [7, 11) is 5.05. The molecule has 0 aliphatic carbocycles. The molecule has 0 bridgehead atoms. The van der Waals surface area contributed by atoms with Crippen LogP contribution in [0.5, 0.6) is 0 Å². The molecule has 0 aliphatic rings. The van der Waals surface area contributed by atoms with Gasteiger partial charge in [0.1, 0.15) is 13.9 Å². The molecule has 0 rings (SSSR count). The van der Waals surface area contributed by atoms with Gasteiger partial charge in [0.15, 0.2) is 5.83 Å². The SMILES string of the molecule is [B]/C(N=C)=C(F)/C(C#N)=C\C. The van der Waals surface area contributed by atoms with Gasteiger partial charge >= 0.3 is 0 Å². The molecular formula is C7H6BFN2. The van der Waals surface area contributed by atoms with Gasteiger partial charge in [-0.05, 0) is 13.6 Å². The zero-order chi connectivity index (χ0) is 8.85. The maximum atomic E-state index is 12.8. The average molecular weight is 148 g/mol. The van der Waals surface area contributed by atoms with Crippen molar-refractivity contribution < 1.29 is 4.39 Å². The van der Waals surface area contributed by atoms with Crippen molar-refractivity contribution in [1.82, 2.24) is 0 Å². The van der Waals surface area contributed by atoms with Gasteiger partial charge < -0.3 is 0 Å². The second kappa shape index (κ2) is 4.45. The quantitative estimate of drug-likeness (QED) is 0.252. The number of allylic oxidation sites excluding steroid dienone is 3. The summed E-state index contributed by atoms with van der Waals surface area (Å²) in [6.45, 7) is 4.56. The molecule has 0 aliphatic heterocycles. The van der Waals surface area contributed by atoms with Crippen molar-refractivity contribution in [3.05, 3.63) is 23.1 Å². The number of hydrogen-bond acceptors (Lipinski definition) is 2. The Morgan fingerprint density at radius 2 is 2.36 bits per heavy atom. The molecule has 0 unspecified atom stereocenters. The summed E-state index contributed by atoms with van der Waals surface area (Å²) in [5.74, 6) is -0.829. The molecule has 0 spiro atoms. The predicted octanol–water partition coefficient (Wildman–Crippen LogP) is 1.46. The lowest BCUT2D eigenvalue weighted by Crippen LogP contribution is -1.86. The van der Waals surface area contributed by atoms with Crippen LogP contribution in [0.1, 0.15) is 6.92 Å². The molecule has 0 heterocycles. The Balaban J connectivity index is 4.90. The third-order valence-electron chi connectivity index (χ3n) is 1.04. The van der Waals surface area contributed by atoms with Gasteiger partial charge in [0.05, 0.1) is 5.57 Å². The first-order valence-corrected chi connectivity index (χ1v) is 2.86. The molecule has 0 aromatic heterocycles. The summed E-state index contributed by atoms with van der Waals surface area (Å²) in [5.41, 5.74) is -0.491. The highest BCUT2D eigenvalue weighted by Crippen LogP contribution is 2.13. The van der Waals surface area contributed by atoms with Gasteiger partial charge in [-0.25, -0.2) is 4.39 Å². The minimum Gasteiger partial charge on any atom is -0.278 e. The maximum Gasteiger partial charge on any atom is 0.151 e. The summed E-state index contributed by atoms with van der Waals surface area (Å²) in [5, 5.41) is 8.33. The third-order valence-corrected chi connectivity index (χ3v) is 1.04. The normalized spacial score (nSPS) is 13.4. The van der Waals surface area contributed by atoms with Crippen LogP contribution >= 0.6 is 0 Å². The average Bonchev–Trinajstić information content (AvgIpc) is 2.05. The maximum absolute atomic E-state index is 12.8. The minimum absolute atomic E-state index is 0.130. The Morgan fingerprint density at radius 1 is 1.82 bits per heavy atom. The first-order valence-electron chi connectivity index (χ1n) is 2.86. The largest absolute Gasteiger partial charge is 0.278 e. The summed E-state index contributed by atoms with van der Waals surface area (Å²) >= 11 is 0.